The number of alkyl halides is 3. The fourth-order valence-electron chi connectivity index (χ4n) is 2.58. The third kappa shape index (κ3) is 3.22. The van der Waals surface area contributed by atoms with Gasteiger partial charge in [0.25, 0.3) is 0 Å². The molecule has 0 aliphatic heterocycles. The van der Waals surface area contributed by atoms with Crippen LogP contribution < -0.4 is 0 Å². The van der Waals surface area contributed by atoms with Gasteiger partial charge in [0, 0.05) is 12.4 Å². The second kappa shape index (κ2) is 5.92. The SMILES string of the molecule is CCCc1ccn(Cn2c(Cl)nc3ccc(C(F)(F)F)cc32)c1. The van der Waals surface area contributed by atoms with Gasteiger partial charge in [-0.3, -0.25) is 4.57 Å². The van der Waals surface area contributed by atoms with Gasteiger partial charge in [0.15, 0.2) is 0 Å². The summed E-state index contributed by atoms with van der Waals surface area (Å²) < 4.78 is 42.2. The normalized spacial score (nSPS) is 12.2. The third-order valence-electron chi connectivity index (χ3n) is 3.68. The molecule has 0 aliphatic rings. The Hall–Kier alpha value is -1.95. The van der Waals surface area contributed by atoms with Crippen LogP contribution in [0.3, 0.4) is 0 Å². The molecule has 0 saturated heterocycles. The van der Waals surface area contributed by atoms with Gasteiger partial charge in [-0.25, -0.2) is 4.98 Å². The first-order valence-corrected chi connectivity index (χ1v) is 7.64. The van der Waals surface area contributed by atoms with Crippen LogP contribution >= 0.6 is 11.6 Å². The van der Waals surface area contributed by atoms with Gasteiger partial charge in [-0.05, 0) is 47.9 Å². The van der Waals surface area contributed by atoms with E-state index >= 15 is 0 Å². The van der Waals surface area contributed by atoms with Gasteiger partial charge in [-0.1, -0.05) is 13.3 Å². The molecule has 0 atom stereocenters. The van der Waals surface area contributed by atoms with E-state index < -0.39 is 11.7 Å². The Morgan fingerprint density at radius 2 is 2.00 bits per heavy atom. The molecule has 122 valence electrons. The molecular formula is C16H15ClF3N3. The first-order chi connectivity index (χ1) is 10.9. The Kier molecular flexibility index (Phi) is 4.10. The molecule has 3 aromatic rings. The smallest absolute Gasteiger partial charge is 0.336 e. The zero-order valence-electron chi connectivity index (χ0n) is 12.4. The molecule has 0 amide bonds. The number of benzene rings is 1. The summed E-state index contributed by atoms with van der Waals surface area (Å²) in [7, 11) is 0. The lowest BCUT2D eigenvalue weighted by molar-refractivity contribution is -0.137. The largest absolute Gasteiger partial charge is 0.416 e. The molecule has 0 aliphatic carbocycles. The molecule has 3 nitrogen and oxygen atoms in total. The zero-order valence-corrected chi connectivity index (χ0v) is 13.2. The minimum atomic E-state index is -4.39. The van der Waals surface area contributed by atoms with E-state index in [2.05, 4.69) is 11.9 Å². The van der Waals surface area contributed by atoms with Crippen molar-refractivity contribution in [1.29, 1.82) is 0 Å². The summed E-state index contributed by atoms with van der Waals surface area (Å²) in [6.45, 7) is 2.41. The quantitative estimate of drug-likeness (QED) is 0.657. The van der Waals surface area contributed by atoms with Crippen molar-refractivity contribution in [3.8, 4) is 0 Å². The Labute approximate surface area is 136 Å². The summed E-state index contributed by atoms with van der Waals surface area (Å²) in [6.07, 6.45) is 1.47. The second-order valence-corrected chi connectivity index (χ2v) is 5.77. The highest BCUT2D eigenvalue weighted by Gasteiger charge is 2.31. The van der Waals surface area contributed by atoms with E-state index in [1.165, 1.54) is 11.6 Å². The summed E-state index contributed by atoms with van der Waals surface area (Å²) >= 11 is 6.11. The molecule has 0 fully saturated rings. The van der Waals surface area contributed by atoms with E-state index in [0.717, 1.165) is 25.0 Å². The number of nitrogens with zero attached hydrogens (tertiary/aromatic N) is 3. The zero-order chi connectivity index (χ0) is 16.6. The molecule has 0 unspecified atom stereocenters. The fourth-order valence-corrected chi connectivity index (χ4v) is 2.82. The molecule has 1 aromatic carbocycles. The van der Waals surface area contributed by atoms with E-state index in [-0.39, 0.29) is 5.28 Å². The van der Waals surface area contributed by atoms with Crippen molar-refractivity contribution in [2.75, 3.05) is 0 Å². The van der Waals surface area contributed by atoms with Crippen LogP contribution in [0, 0.1) is 0 Å². The summed E-state index contributed by atoms with van der Waals surface area (Å²) in [4.78, 5) is 4.12. The minimum Gasteiger partial charge on any atom is -0.336 e. The molecule has 23 heavy (non-hydrogen) atoms. The number of fused-ring (bicyclic) bond motifs is 1. The van der Waals surface area contributed by atoms with Gasteiger partial charge in [-0.2, -0.15) is 13.2 Å². The van der Waals surface area contributed by atoms with Gasteiger partial charge in [0.1, 0.15) is 6.67 Å². The van der Waals surface area contributed by atoms with Crippen molar-refractivity contribution < 1.29 is 13.2 Å². The molecule has 0 saturated carbocycles. The maximum Gasteiger partial charge on any atom is 0.416 e. The van der Waals surface area contributed by atoms with Crippen molar-refractivity contribution in [3.63, 3.8) is 0 Å². The van der Waals surface area contributed by atoms with E-state index in [0.29, 0.717) is 17.7 Å². The lowest BCUT2D eigenvalue weighted by atomic mass is 10.2. The minimum absolute atomic E-state index is 0.171. The maximum absolute atomic E-state index is 12.9. The number of aryl methyl sites for hydroxylation is 1. The molecule has 7 heteroatoms. The van der Waals surface area contributed by atoms with Crippen molar-refractivity contribution in [1.82, 2.24) is 14.1 Å². The Morgan fingerprint density at radius 1 is 1.22 bits per heavy atom. The maximum atomic E-state index is 12.9. The standard InChI is InChI=1S/C16H15ClF3N3/c1-2-3-11-6-7-22(9-11)10-23-14-8-12(16(18,19)20)4-5-13(14)21-15(23)17/h4-9H,2-3,10H2,1H3. The van der Waals surface area contributed by atoms with E-state index in [4.69, 9.17) is 11.6 Å². The van der Waals surface area contributed by atoms with Crippen molar-refractivity contribution in [2.24, 2.45) is 0 Å². The third-order valence-corrected chi connectivity index (χ3v) is 3.97. The van der Waals surface area contributed by atoms with Crippen LogP contribution in [-0.2, 0) is 19.3 Å². The summed E-state index contributed by atoms with van der Waals surface area (Å²) in [5, 5.41) is 0.171. The Morgan fingerprint density at radius 3 is 2.70 bits per heavy atom. The Balaban J connectivity index is 2.00. The van der Waals surface area contributed by atoms with E-state index in [1.807, 2.05) is 23.0 Å². The lowest BCUT2D eigenvalue weighted by Crippen LogP contribution is -2.08. The molecular weight excluding hydrogens is 327 g/mol. The van der Waals surface area contributed by atoms with Gasteiger partial charge in [0.2, 0.25) is 5.28 Å². The number of halogens is 4. The average Bonchev–Trinajstić information content (AvgIpc) is 3.04. The first-order valence-electron chi connectivity index (χ1n) is 7.26. The van der Waals surface area contributed by atoms with Gasteiger partial charge >= 0.3 is 6.18 Å². The highest BCUT2D eigenvalue weighted by Crippen LogP contribution is 2.32. The van der Waals surface area contributed by atoms with Crippen LogP contribution in [-0.4, -0.2) is 14.1 Å². The lowest BCUT2D eigenvalue weighted by Gasteiger charge is -2.10. The predicted molar refractivity (Wildman–Crippen MR) is 83.6 cm³/mol. The second-order valence-electron chi connectivity index (χ2n) is 5.44. The highest BCUT2D eigenvalue weighted by molar-refractivity contribution is 6.29. The molecule has 0 spiro atoms. The molecule has 0 N–H and O–H groups in total. The molecule has 2 heterocycles. The van der Waals surface area contributed by atoms with Crippen molar-refractivity contribution in [2.45, 2.75) is 32.6 Å². The van der Waals surface area contributed by atoms with Gasteiger partial charge in [-0.15, -0.1) is 0 Å². The van der Waals surface area contributed by atoms with Crippen LogP contribution in [0.4, 0.5) is 13.2 Å². The van der Waals surface area contributed by atoms with Crippen molar-refractivity contribution in [3.05, 3.63) is 53.1 Å². The number of hydrogen-bond acceptors (Lipinski definition) is 1. The fraction of sp³-hybridized carbons (Fsp3) is 0.312. The summed E-state index contributed by atoms with van der Waals surface area (Å²) in [5.41, 5.74) is 1.30. The topological polar surface area (TPSA) is 22.8 Å². The van der Waals surface area contributed by atoms with Crippen LogP contribution in [0.2, 0.25) is 5.28 Å². The number of hydrogen-bond donors (Lipinski definition) is 0. The van der Waals surface area contributed by atoms with E-state index in [9.17, 15) is 13.2 Å². The number of aromatic nitrogens is 3. The Bertz CT molecular complexity index is 833. The van der Waals surface area contributed by atoms with Crippen molar-refractivity contribution >= 4 is 22.6 Å². The summed E-state index contributed by atoms with van der Waals surface area (Å²) in [5.74, 6) is 0. The number of rotatable bonds is 4. The molecule has 0 radical (unpaired) electrons. The van der Waals surface area contributed by atoms with Crippen LogP contribution in [0.5, 0.6) is 0 Å². The van der Waals surface area contributed by atoms with Gasteiger partial charge < -0.3 is 4.57 Å². The number of imidazole rings is 1. The summed E-state index contributed by atoms with van der Waals surface area (Å²) in [6, 6.07) is 5.45. The first kappa shape index (κ1) is 15.9. The average molecular weight is 342 g/mol. The highest BCUT2D eigenvalue weighted by atomic mass is 35.5. The van der Waals surface area contributed by atoms with Crippen LogP contribution in [0.15, 0.2) is 36.7 Å². The van der Waals surface area contributed by atoms with Crippen LogP contribution in [0.1, 0.15) is 24.5 Å². The molecule has 2 aromatic heterocycles. The van der Waals surface area contributed by atoms with E-state index in [1.54, 1.807) is 4.57 Å². The molecule has 3 rings (SSSR count). The van der Waals surface area contributed by atoms with Crippen LogP contribution in [0.25, 0.3) is 11.0 Å². The monoisotopic (exact) mass is 341 g/mol. The molecule has 0 bridgehead atoms. The van der Waals surface area contributed by atoms with Gasteiger partial charge in [0.05, 0.1) is 16.6 Å². The predicted octanol–water partition coefficient (Wildman–Crippen LogP) is 4.97.